The van der Waals surface area contributed by atoms with Gasteiger partial charge in [-0.2, -0.15) is 0 Å². The van der Waals surface area contributed by atoms with Crippen molar-refractivity contribution < 1.29 is 5.11 Å². The number of rotatable bonds is 4. The predicted octanol–water partition coefficient (Wildman–Crippen LogP) is 2.75. The molecule has 1 aromatic rings. The Bertz CT molecular complexity index is 326. The topological polar surface area (TPSA) is 45.1 Å². The van der Waals surface area contributed by atoms with E-state index in [1.165, 1.54) is 43.4 Å². The van der Waals surface area contributed by atoms with Crippen molar-refractivity contribution >= 4 is 22.9 Å². The van der Waals surface area contributed by atoms with Gasteiger partial charge < -0.3 is 10.4 Å². The molecule has 0 bridgehead atoms. The number of nitrogens with zero attached hydrogens (tertiary/aromatic N) is 1. The maximum atomic E-state index is 9.38. The summed E-state index contributed by atoms with van der Waals surface area (Å²) in [6.07, 6.45) is 7.96. The summed E-state index contributed by atoms with van der Waals surface area (Å²) in [5.74, 6) is 0. The highest BCUT2D eigenvalue weighted by Crippen LogP contribution is 2.26. The molecular formula is C11H17ClN2OS. The van der Waals surface area contributed by atoms with E-state index in [-0.39, 0.29) is 12.6 Å². The Morgan fingerprint density at radius 2 is 2.25 bits per heavy atom. The summed E-state index contributed by atoms with van der Waals surface area (Å²) in [4.78, 5) is 4.22. The Morgan fingerprint density at radius 3 is 2.81 bits per heavy atom. The first-order valence-electron chi connectivity index (χ1n) is 5.77. The van der Waals surface area contributed by atoms with Gasteiger partial charge in [-0.15, -0.1) is 11.3 Å². The third kappa shape index (κ3) is 3.17. The van der Waals surface area contributed by atoms with Gasteiger partial charge in [-0.1, -0.05) is 30.9 Å². The van der Waals surface area contributed by atoms with Crippen LogP contribution >= 0.6 is 22.9 Å². The monoisotopic (exact) mass is 260 g/mol. The highest BCUT2D eigenvalue weighted by molar-refractivity contribution is 7.15. The van der Waals surface area contributed by atoms with Gasteiger partial charge in [0.2, 0.25) is 0 Å². The lowest BCUT2D eigenvalue weighted by Crippen LogP contribution is -2.36. The predicted molar refractivity (Wildman–Crippen MR) is 67.0 cm³/mol. The van der Waals surface area contributed by atoms with E-state index >= 15 is 0 Å². The van der Waals surface area contributed by atoms with Gasteiger partial charge in [0.15, 0.2) is 0 Å². The Hall–Kier alpha value is -0.160. The molecule has 1 aliphatic carbocycles. The fourth-order valence-electron chi connectivity index (χ4n) is 2.18. The van der Waals surface area contributed by atoms with Crippen LogP contribution in [-0.2, 0) is 0 Å². The molecule has 0 spiro atoms. The lowest BCUT2D eigenvalue weighted by atomic mass is 9.95. The van der Waals surface area contributed by atoms with Crippen LogP contribution in [0.15, 0.2) is 6.20 Å². The molecule has 1 fully saturated rings. The minimum atomic E-state index is -0.0550. The van der Waals surface area contributed by atoms with Gasteiger partial charge in [0, 0.05) is 6.04 Å². The number of aliphatic hydroxyl groups excluding tert-OH is 1. The van der Waals surface area contributed by atoms with Crippen LogP contribution in [0.1, 0.15) is 43.2 Å². The second kappa shape index (κ2) is 5.96. The molecule has 90 valence electrons. The largest absolute Gasteiger partial charge is 0.394 e. The molecule has 5 heteroatoms. The number of aliphatic hydroxyl groups is 1. The molecule has 1 aliphatic rings. The molecule has 1 saturated carbocycles. The quantitative estimate of drug-likeness (QED) is 0.875. The van der Waals surface area contributed by atoms with E-state index < -0.39 is 0 Å². The van der Waals surface area contributed by atoms with Crippen LogP contribution in [0, 0.1) is 0 Å². The highest BCUT2D eigenvalue weighted by atomic mass is 35.5. The summed E-state index contributed by atoms with van der Waals surface area (Å²) < 4.78 is 0.680. The Labute approximate surface area is 105 Å². The molecule has 0 amide bonds. The molecular weight excluding hydrogens is 244 g/mol. The minimum absolute atomic E-state index is 0.0550. The first-order chi connectivity index (χ1) is 7.79. The van der Waals surface area contributed by atoms with E-state index in [1.807, 2.05) is 0 Å². The summed E-state index contributed by atoms with van der Waals surface area (Å²) >= 11 is 7.29. The summed E-state index contributed by atoms with van der Waals surface area (Å²) in [6.45, 7) is 0.0837. The number of hydrogen-bond acceptors (Lipinski definition) is 4. The molecule has 2 rings (SSSR count). The van der Waals surface area contributed by atoms with Crippen molar-refractivity contribution in [3.8, 4) is 0 Å². The number of nitrogens with one attached hydrogen (secondary N) is 1. The normalized spacial score (nSPS) is 19.9. The van der Waals surface area contributed by atoms with Crippen LogP contribution in [0.2, 0.25) is 4.34 Å². The molecule has 0 saturated heterocycles. The number of thiazole rings is 1. The van der Waals surface area contributed by atoms with Crippen molar-refractivity contribution in [2.45, 2.75) is 44.2 Å². The summed E-state index contributed by atoms with van der Waals surface area (Å²) in [6, 6.07) is 0.467. The van der Waals surface area contributed by atoms with Crippen molar-refractivity contribution in [2.75, 3.05) is 6.61 Å². The average Bonchev–Trinajstić information content (AvgIpc) is 2.74. The zero-order chi connectivity index (χ0) is 11.4. The molecule has 2 N–H and O–H groups in total. The SMILES string of the molecule is OCC(NC1CCCCC1)c1ncc(Cl)s1. The fraction of sp³-hybridized carbons (Fsp3) is 0.727. The zero-order valence-electron chi connectivity index (χ0n) is 9.16. The van der Waals surface area contributed by atoms with E-state index in [0.29, 0.717) is 10.4 Å². The first-order valence-corrected chi connectivity index (χ1v) is 6.97. The minimum Gasteiger partial charge on any atom is -0.394 e. The molecule has 0 radical (unpaired) electrons. The summed E-state index contributed by atoms with van der Waals surface area (Å²) in [5.41, 5.74) is 0. The molecule has 1 aromatic heterocycles. The fourth-order valence-corrected chi connectivity index (χ4v) is 3.17. The average molecular weight is 261 g/mol. The van der Waals surface area contributed by atoms with E-state index in [4.69, 9.17) is 11.6 Å². The van der Waals surface area contributed by atoms with E-state index in [1.54, 1.807) is 6.20 Å². The standard InChI is InChI=1S/C11H17ClN2OS/c12-10-6-13-11(16-10)9(7-15)14-8-4-2-1-3-5-8/h6,8-9,14-15H,1-5,7H2. The summed E-state index contributed by atoms with van der Waals surface area (Å²) in [5, 5.41) is 13.7. The van der Waals surface area contributed by atoms with Crippen LogP contribution in [0.3, 0.4) is 0 Å². The maximum absolute atomic E-state index is 9.38. The lowest BCUT2D eigenvalue weighted by Gasteiger charge is -2.26. The van der Waals surface area contributed by atoms with E-state index in [9.17, 15) is 5.11 Å². The third-order valence-corrected chi connectivity index (χ3v) is 4.25. The van der Waals surface area contributed by atoms with Crippen LogP contribution in [0.4, 0.5) is 0 Å². The molecule has 3 nitrogen and oxygen atoms in total. The van der Waals surface area contributed by atoms with Crippen molar-refractivity contribution in [2.24, 2.45) is 0 Å². The van der Waals surface area contributed by atoms with Crippen molar-refractivity contribution in [1.29, 1.82) is 0 Å². The Kier molecular flexibility index (Phi) is 4.58. The van der Waals surface area contributed by atoms with Gasteiger partial charge in [-0.3, -0.25) is 0 Å². The molecule has 1 atom stereocenters. The van der Waals surface area contributed by atoms with Crippen molar-refractivity contribution in [1.82, 2.24) is 10.3 Å². The second-order valence-corrected chi connectivity index (χ2v) is 5.93. The number of hydrogen-bond donors (Lipinski definition) is 2. The van der Waals surface area contributed by atoms with Gasteiger partial charge >= 0.3 is 0 Å². The van der Waals surface area contributed by atoms with Gasteiger partial charge in [-0.05, 0) is 12.8 Å². The Balaban J connectivity index is 1.94. The number of aromatic nitrogens is 1. The zero-order valence-corrected chi connectivity index (χ0v) is 10.7. The molecule has 0 aliphatic heterocycles. The Morgan fingerprint density at radius 1 is 1.50 bits per heavy atom. The van der Waals surface area contributed by atoms with E-state index in [2.05, 4.69) is 10.3 Å². The van der Waals surface area contributed by atoms with Gasteiger partial charge in [-0.25, -0.2) is 4.98 Å². The van der Waals surface area contributed by atoms with E-state index in [0.717, 1.165) is 5.01 Å². The van der Waals surface area contributed by atoms with Gasteiger partial charge in [0.1, 0.15) is 9.34 Å². The third-order valence-electron chi connectivity index (χ3n) is 3.02. The van der Waals surface area contributed by atoms with Crippen molar-refractivity contribution in [3.63, 3.8) is 0 Å². The molecule has 1 heterocycles. The second-order valence-electron chi connectivity index (χ2n) is 4.24. The summed E-state index contributed by atoms with van der Waals surface area (Å²) in [7, 11) is 0. The first kappa shape index (κ1) is 12.3. The van der Waals surface area contributed by atoms with Crippen molar-refractivity contribution in [3.05, 3.63) is 15.5 Å². The van der Waals surface area contributed by atoms with Crippen LogP contribution in [0.5, 0.6) is 0 Å². The number of halogens is 1. The van der Waals surface area contributed by atoms with Gasteiger partial charge in [0.05, 0.1) is 18.8 Å². The highest BCUT2D eigenvalue weighted by Gasteiger charge is 2.20. The van der Waals surface area contributed by atoms with Crippen LogP contribution in [0.25, 0.3) is 0 Å². The maximum Gasteiger partial charge on any atom is 0.113 e. The van der Waals surface area contributed by atoms with Crippen LogP contribution < -0.4 is 5.32 Å². The van der Waals surface area contributed by atoms with Crippen LogP contribution in [-0.4, -0.2) is 22.7 Å². The lowest BCUT2D eigenvalue weighted by molar-refractivity contribution is 0.220. The molecule has 1 unspecified atom stereocenters. The molecule has 0 aromatic carbocycles. The molecule has 16 heavy (non-hydrogen) atoms. The van der Waals surface area contributed by atoms with Gasteiger partial charge in [0.25, 0.3) is 0 Å². The smallest absolute Gasteiger partial charge is 0.113 e.